The number of rotatable bonds is 10. The maximum absolute atomic E-state index is 5.61. The van der Waals surface area contributed by atoms with E-state index in [1.54, 1.807) is 0 Å². The van der Waals surface area contributed by atoms with Crippen molar-refractivity contribution in [3.63, 3.8) is 0 Å². The molecule has 0 aliphatic heterocycles. The van der Waals surface area contributed by atoms with Gasteiger partial charge in [-0.15, -0.1) is 0 Å². The van der Waals surface area contributed by atoms with Gasteiger partial charge in [-0.1, -0.05) is 20.3 Å². The molecule has 3 heteroatoms. The predicted molar refractivity (Wildman–Crippen MR) is 64.0 cm³/mol. The maximum atomic E-state index is 5.61. The largest absolute Gasteiger partial charge is 0.351 e. The summed E-state index contributed by atoms with van der Waals surface area (Å²) in [4.78, 5) is 0. The molecule has 0 bridgehead atoms. The third-order valence-corrected chi connectivity index (χ3v) is 2.25. The van der Waals surface area contributed by atoms with E-state index in [1.807, 2.05) is 13.8 Å². The molecule has 0 rings (SSSR count). The lowest BCUT2D eigenvalue weighted by molar-refractivity contribution is -0.155. The molecule has 1 unspecified atom stereocenters. The van der Waals surface area contributed by atoms with Crippen molar-refractivity contribution in [3.05, 3.63) is 0 Å². The van der Waals surface area contributed by atoms with E-state index in [1.165, 1.54) is 0 Å². The van der Waals surface area contributed by atoms with Crippen LogP contribution in [0.3, 0.4) is 0 Å². The van der Waals surface area contributed by atoms with Crippen LogP contribution in [0.5, 0.6) is 0 Å². The lowest BCUT2D eigenvalue weighted by Gasteiger charge is -2.27. The molecular weight excluding hydrogens is 190 g/mol. The first kappa shape index (κ1) is 14.9. The summed E-state index contributed by atoms with van der Waals surface area (Å²) >= 11 is 0. The van der Waals surface area contributed by atoms with Crippen LogP contribution in [0.2, 0.25) is 0 Å². The molecule has 0 radical (unpaired) electrons. The maximum Gasteiger partial charge on any atom is 0.172 e. The molecule has 0 aromatic rings. The summed E-state index contributed by atoms with van der Waals surface area (Å²) in [7, 11) is 0. The summed E-state index contributed by atoms with van der Waals surface area (Å²) in [5.41, 5.74) is 0. The van der Waals surface area contributed by atoms with Gasteiger partial charge in [0.2, 0.25) is 0 Å². The van der Waals surface area contributed by atoms with Crippen molar-refractivity contribution in [1.82, 2.24) is 5.32 Å². The quantitative estimate of drug-likeness (QED) is 0.570. The van der Waals surface area contributed by atoms with Gasteiger partial charge in [0.1, 0.15) is 0 Å². The molecule has 15 heavy (non-hydrogen) atoms. The van der Waals surface area contributed by atoms with Crippen LogP contribution in [0.4, 0.5) is 0 Å². The van der Waals surface area contributed by atoms with Gasteiger partial charge in [0.15, 0.2) is 6.29 Å². The van der Waals surface area contributed by atoms with Crippen LogP contribution in [0, 0.1) is 0 Å². The van der Waals surface area contributed by atoms with Crippen molar-refractivity contribution in [1.29, 1.82) is 0 Å². The Balaban J connectivity index is 4.09. The summed E-state index contributed by atoms with van der Waals surface area (Å²) in [5.74, 6) is 0. The molecule has 0 aliphatic carbocycles. The fourth-order valence-electron chi connectivity index (χ4n) is 1.58. The van der Waals surface area contributed by atoms with Crippen LogP contribution in [-0.2, 0) is 9.47 Å². The third kappa shape index (κ3) is 6.88. The van der Waals surface area contributed by atoms with Gasteiger partial charge in [-0.25, -0.2) is 0 Å². The Morgan fingerprint density at radius 3 is 1.93 bits per heavy atom. The smallest absolute Gasteiger partial charge is 0.172 e. The SMILES string of the molecule is CCCNC(CCC)C(OCC)OCC. The molecular formula is C12H27NO2. The Morgan fingerprint density at radius 1 is 0.933 bits per heavy atom. The lowest BCUT2D eigenvalue weighted by atomic mass is 10.1. The lowest BCUT2D eigenvalue weighted by Crippen LogP contribution is -2.43. The van der Waals surface area contributed by atoms with Gasteiger partial charge in [0.25, 0.3) is 0 Å². The summed E-state index contributed by atoms with van der Waals surface area (Å²) in [6.45, 7) is 10.8. The second-order valence-corrected chi connectivity index (χ2v) is 3.63. The highest BCUT2D eigenvalue weighted by atomic mass is 16.7. The second-order valence-electron chi connectivity index (χ2n) is 3.63. The van der Waals surface area contributed by atoms with Gasteiger partial charge in [-0.2, -0.15) is 0 Å². The first-order chi connectivity index (χ1) is 7.29. The van der Waals surface area contributed by atoms with E-state index in [2.05, 4.69) is 19.2 Å². The van der Waals surface area contributed by atoms with E-state index < -0.39 is 0 Å². The van der Waals surface area contributed by atoms with Gasteiger partial charge < -0.3 is 14.8 Å². The number of nitrogens with one attached hydrogen (secondary N) is 1. The standard InChI is InChI=1S/C12H27NO2/c1-5-9-11(13-10-6-2)12(14-7-3)15-8-4/h11-13H,5-10H2,1-4H3. The molecule has 0 fully saturated rings. The van der Waals surface area contributed by atoms with Crippen LogP contribution >= 0.6 is 0 Å². The van der Waals surface area contributed by atoms with Crippen LogP contribution in [-0.4, -0.2) is 32.1 Å². The minimum atomic E-state index is -0.0912. The van der Waals surface area contributed by atoms with Crippen molar-refractivity contribution >= 4 is 0 Å². The Hall–Kier alpha value is -0.120. The zero-order valence-corrected chi connectivity index (χ0v) is 10.7. The minimum absolute atomic E-state index is 0.0912. The van der Waals surface area contributed by atoms with Gasteiger partial charge in [-0.3, -0.25) is 0 Å². The average molecular weight is 217 g/mol. The Kier molecular flexibility index (Phi) is 10.3. The highest BCUT2D eigenvalue weighted by molar-refractivity contribution is 4.70. The number of hydrogen-bond acceptors (Lipinski definition) is 3. The van der Waals surface area contributed by atoms with Crippen molar-refractivity contribution in [3.8, 4) is 0 Å². The third-order valence-electron chi connectivity index (χ3n) is 2.25. The normalized spacial score (nSPS) is 13.4. The van der Waals surface area contributed by atoms with Gasteiger partial charge >= 0.3 is 0 Å². The van der Waals surface area contributed by atoms with Crippen molar-refractivity contribution in [2.24, 2.45) is 0 Å². The van der Waals surface area contributed by atoms with E-state index in [0.717, 1.165) is 25.8 Å². The molecule has 0 aromatic carbocycles. The van der Waals surface area contributed by atoms with Crippen LogP contribution in [0.15, 0.2) is 0 Å². The van der Waals surface area contributed by atoms with Crippen LogP contribution < -0.4 is 5.32 Å². The highest BCUT2D eigenvalue weighted by Gasteiger charge is 2.20. The predicted octanol–water partition coefficient (Wildman–Crippen LogP) is 2.55. The van der Waals surface area contributed by atoms with E-state index in [4.69, 9.17) is 9.47 Å². The highest BCUT2D eigenvalue weighted by Crippen LogP contribution is 2.08. The topological polar surface area (TPSA) is 30.5 Å². The van der Waals surface area contributed by atoms with Crippen LogP contribution in [0.1, 0.15) is 47.0 Å². The fraction of sp³-hybridized carbons (Fsp3) is 1.00. The number of hydrogen-bond donors (Lipinski definition) is 1. The summed E-state index contributed by atoms with van der Waals surface area (Å²) in [5, 5.41) is 3.49. The molecule has 92 valence electrons. The summed E-state index contributed by atoms with van der Waals surface area (Å²) < 4.78 is 11.2. The van der Waals surface area contributed by atoms with Crippen molar-refractivity contribution in [2.75, 3.05) is 19.8 Å². The van der Waals surface area contributed by atoms with Gasteiger partial charge in [-0.05, 0) is 33.2 Å². The minimum Gasteiger partial charge on any atom is -0.351 e. The van der Waals surface area contributed by atoms with Crippen molar-refractivity contribution < 1.29 is 9.47 Å². The van der Waals surface area contributed by atoms with E-state index in [9.17, 15) is 0 Å². The zero-order chi connectivity index (χ0) is 11.5. The molecule has 0 heterocycles. The Bertz CT molecular complexity index is 125. The molecule has 1 N–H and O–H groups in total. The first-order valence-corrected chi connectivity index (χ1v) is 6.26. The van der Waals surface area contributed by atoms with Gasteiger partial charge in [0.05, 0.1) is 6.04 Å². The molecule has 0 aliphatic rings. The second kappa shape index (κ2) is 10.4. The molecule has 0 saturated carbocycles. The van der Waals surface area contributed by atoms with E-state index >= 15 is 0 Å². The molecule has 0 amide bonds. The average Bonchev–Trinajstić information content (AvgIpc) is 2.24. The Labute approximate surface area is 94.5 Å². The Morgan fingerprint density at radius 2 is 1.53 bits per heavy atom. The van der Waals surface area contributed by atoms with Crippen molar-refractivity contribution in [2.45, 2.75) is 59.3 Å². The van der Waals surface area contributed by atoms with Crippen LogP contribution in [0.25, 0.3) is 0 Å². The molecule has 0 aromatic heterocycles. The van der Waals surface area contributed by atoms with E-state index in [0.29, 0.717) is 19.3 Å². The zero-order valence-electron chi connectivity index (χ0n) is 10.7. The fourth-order valence-corrected chi connectivity index (χ4v) is 1.58. The number of ether oxygens (including phenoxy) is 2. The monoisotopic (exact) mass is 217 g/mol. The molecule has 0 saturated heterocycles. The molecule has 0 spiro atoms. The summed E-state index contributed by atoms with van der Waals surface area (Å²) in [6, 6.07) is 0.329. The van der Waals surface area contributed by atoms with Gasteiger partial charge in [0, 0.05) is 13.2 Å². The summed E-state index contributed by atoms with van der Waals surface area (Å²) in [6.07, 6.45) is 3.31. The first-order valence-electron chi connectivity index (χ1n) is 6.26. The molecule has 3 nitrogen and oxygen atoms in total. The molecule has 1 atom stereocenters. The van der Waals surface area contributed by atoms with E-state index in [-0.39, 0.29) is 6.29 Å².